The van der Waals surface area contributed by atoms with E-state index >= 15 is 0 Å². The summed E-state index contributed by atoms with van der Waals surface area (Å²) in [5.41, 5.74) is 0.961. The van der Waals surface area contributed by atoms with E-state index in [0.29, 0.717) is 27.5 Å². The van der Waals surface area contributed by atoms with Crippen molar-refractivity contribution in [3.05, 3.63) is 56.2 Å². The van der Waals surface area contributed by atoms with Crippen LogP contribution in [0.3, 0.4) is 0 Å². The highest BCUT2D eigenvalue weighted by Gasteiger charge is 2.10. The van der Waals surface area contributed by atoms with Gasteiger partial charge in [0.1, 0.15) is 17.3 Å². The Morgan fingerprint density at radius 1 is 1.20 bits per heavy atom. The average Bonchev–Trinajstić information content (AvgIpc) is 2.39. The highest BCUT2D eigenvalue weighted by Crippen LogP contribution is 2.34. The van der Waals surface area contributed by atoms with Gasteiger partial charge in [-0.1, -0.05) is 29.3 Å². The standard InChI is InChI=1S/C14H11BrCl2FNO/c1-19-7-8-2-3-9(4-11(8)16)20-14-6-13(18)12(17)5-10(14)15/h2-6,19H,7H2,1H3. The Morgan fingerprint density at radius 3 is 2.60 bits per heavy atom. The predicted octanol–water partition coefficient (Wildman–Crippen LogP) is 5.41. The van der Waals surface area contributed by atoms with Gasteiger partial charge in [0.15, 0.2) is 0 Å². The van der Waals surface area contributed by atoms with Crippen molar-refractivity contribution in [2.24, 2.45) is 0 Å². The van der Waals surface area contributed by atoms with Crippen molar-refractivity contribution in [1.82, 2.24) is 5.32 Å². The number of benzene rings is 2. The second kappa shape index (κ2) is 6.76. The minimum absolute atomic E-state index is 0.0339. The van der Waals surface area contributed by atoms with Crippen LogP contribution in [0.25, 0.3) is 0 Å². The number of hydrogen-bond donors (Lipinski definition) is 1. The van der Waals surface area contributed by atoms with Crippen LogP contribution in [-0.4, -0.2) is 7.05 Å². The van der Waals surface area contributed by atoms with Gasteiger partial charge in [0.05, 0.1) is 9.50 Å². The molecular weight excluding hydrogens is 368 g/mol. The summed E-state index contributed by atoms with van der Waals surface area (Å²) in [7, 11) is 1.84. The summed E-state index contributed by atoms with van der Waals surface area (Å²) < 4.78 is 19.6. The summed E-state index contributed by atoms with van der Waals surface area (Å²) in [6, 6.07) is 7.99. The van der Waals surface area contributed by atoms with Gasteiger partial charge in [0.2, 0.25) is 0 Å². The quantitative estimate of drug-likeness (QED) is 0.718. The summed E-state index contributed by atoms with van der Waals surface area (Å²) in [5.74, 6) is 0.323. The molecule has 2 aromatic carbocycles. The molecule has 1 N–H and O–H groups in total. The van der Waals surface area contributed by atoms with E-state index in [2.05, 4.69) is 21.2 Å². The second-order valence-corrected chi connectivity index (χ2v) is 5.75. The lowest BCUT2D eigenvalue weighted by Crippen LogP contribution is -2.05. The SMILES string of the molecule is CNCc1ccc(Oc2cc(F)c(Cl)cc2Br)cc1Cl. The fourth-order valence-corrected chi connectivity index (χ4v) is 2.59. The Labute approximate surface area is 135 Å². The Kier molecular flexibility index (Phi) is 5.27. The molecule has 2 rings (SSSR count). The molecule has 0 spiro atoms. The van der Waals surface area contributed by atoms with E-state index in [0.717, 1.165) is 5.56 Å². The molecule has 0 fully saturated rings. The molecule has 6 heteroatoms. The van der Waals surface area contributed by atoms with E-state index in [1.54, 1.807) is 12.1 Å². The molecule has 0 saturated heterocycles. The van der Waals surface area contributed by atoms with Crippen LogP contribution in [0.2, 0.25) is 10.0 Å². The fourth-order valence-electron chi connectivity index (χ4n) is 1.63. The lowest BCUT2D eigenvalue weighted by molar-refractivity contribution is 0.473. The van der Waals surface area contributed by atoms with Crippen LogP contribution < -0.4 is 10.1 Å². The molecule has 0 atom stereocenters. The predicted molar refractivity (Wildman–Crippen MR) is 83.4 cm³/mol. The highest BCUT2D eigenvalue weighted by atomic mass is 79.9. The van der Waals surface area contributed by atoms with E-state index in [-0.39, 0.29) is 5.02 Å². The first-order valence-electron chi connectivity index (χ1n) is 5.76. The zero-order valence-corrected chi connectivity index (χ0v) is 13.6. The first-order valence-corrected chi connectivity index (χ1v) is 7.31. The van der Waals surface area contributed by atoms with Gasteiger partial charge in [-0.3, -0.25) is 0 Å². The van der Waals surface area contributed by atoms with Crippen LogP contribution in [0.4, 0.5) is 4.39 Å². The van der Waals surface area contributed by atoms with Crippen LogP contribution in [0.15, 0.2) is 34.8 Å². The van der Waals surface area contributed by atoms with Gasteiger partial charge >= 0.3 is 0 Å². The molecule has 0 aliphatic heterocycles. The van der Waals surface area contributed by atoms with Crippen LogP contribution >= 0.6 is 39.1 Å². The van der Waals surface area contributed by atoms with Crippen molar-refractivity contribution in [3.63, 3.8) is 0 Å². The first-order chi connectivity index (χ1) is 9.51. The molecule has 0 heterocycles. The topological polar surface area (TPSA) is 21.3 Å². The molecule has 106 valence electrons. The fraction of sp³-hybridized carbons (Fsp3) is 0.143. The monoisotopic (exact) mass is 377 g/mol. The van der Waals surface area contributed by atoms with Gasteiger partial charge in [-0.05, 0) is 46.7 Å². The molecule has 0 aliphatic carbocycles. The molecule has 0 aromatic heterocycles. The van der Waals surface area contributed by atoms with Crippen molar-refractivity contribution in [2.75, 3.05) is 7.05 Å². The second-order valence-electron chi connectivity index (χ2n) is 4.08. The van der Waals surface area contributed by atoms with Crippen LogP contribution in [0, 0.1) is 5.82 Å². The molecule has 0 amide bonds. The summed E-state index contributed by atoms with van der Waals surface area (Å²) in [6.45, 7) is 0.665. The molecule has 2 nitrogen and oxygen atoms in total. The van der Waals surface area contributed by atoms with Crippen molar-refractivity contribution in [2.45, 2.75) is 6.54 Å². The normalized spacial score (nSPS) is 10.7. The van der Waals surface area contributed by atoms with Crippen LogP contribution in [0.5, 0.6) is 11.5 Å². The van der Waals surface area contributed by atoms with Crippen molar-refractivity contribution >= 4 is 39.1 Å². The summed E-state index contributed by atoms with van der Waals surface area (Å²) in [4.78, 5) is 0. The number of halogens is 4. The third-order valence-electron chi connectivity index (χ3n) is 2.59. The molecule has 0 radical (unpaired) electrons. The summed E-state index contributed by atoms with van der Waals surface area (Å²) >= 11 is 15.1. The minimum Gasteiger partial charge on any atom is -0.456 e. The number of hydrogen-bond acceptors (Lipinski definition) is 2. The highest BCUT2D eigenvalue weighted by molar-refractivity contribution is 9.10. The molecular formula is C14H11BrCl2FNO. The zero-order valence-electron chi connectivity index (χ0n) is 10.5. The number of rotatable bonds is 4. The molecule has 2 aromatic rings. The zero-order chi connectivity index (χ0) is 14.7. The lowest BCUT2D eigenvalue weighted by atomic mass is 10.2. The van der Waals surface area contributed by atoms with E-state index in [1.165, 1.54) is 12.1 Å². The van der Waals surface area contributed by atoms with E-state index in [1.807, 2.05) is 13.1 Å². The van der Waals surface area contributed by atoms with Gasteiger partial charge < -0.3 is 10.1 Å². The van der Waals surface area contributed by atoms with Crippen LogP contribution in [0.1, 0.15) is 5.56 Å². The maximum atomic E-state index is 13.4. The van der Waals surface area contributed by atoms with Gasteiger partial charge in [-0.2, -0.15) is 0 Å². The van der Waals surface area contributed by atoms with Gasteiger partial charge in [0, 0.05) is 17.6 Å². The summed E-state index contributed by atoms with van der Waals surface area (Å²) in [6.07, 6.45) is 0. The first kappa shape index (κ1) is 15.6. The molecule has 0 bridgehead atoms. The largest absolute Gasteiger partial charge is 0.456 e. The van der Waals surface area contributed by atoms with E-state index < -0.39 is 5.82 Å². The van der Waals surface area contributed by atoms with Crippen molar-refractivity contribution in [1.29, 1.82) is 0 Å². The van der Waals surface area contributed by atoms with E-state index in [9.17, 15) is 4.39 Å². The molecule has 0 aliphatic rings. The lowest BCUT2D eigenvalue weighted by Gasteiger charge is -2.10. The Morgan fingerprint density at radius 2 is 1.95 bits per heavy atom. The summed E-state index contributed by atoms with van der Waals surface area (Å²) in [5, 5.41) is 3.64. The third kappa shape index (κ3) is 3.64. The van der Waals surface area contributed by atoms with Gasteiger partial charge in [0.25, 0.3) is 0 Å². The van der Waals surface area contributed by atoms with Gasteiger partial charge in [-0.25, -0.2) is 4.39 Å². The van der Waals surface area contributed by atoms with Crippen molar-refractivity contribution < 1.29 is 9.13 Å². The Balaban J connectivity index is 2.26. The third-order valence-corrected chi connectivity index (χ3v) is 3.86. The van der Waals surface area contributed by atoms with Crippen molar-refractivity contribution in [3.8, 4) is 11.5 Å². The van der Waals surface area contributed by atoms with Crippen LogP contribution in [-0.2, 0) is 6.54 Å². The average molecular weight is 379 g/mol. The number of nitrogens with one attached hydrogen (secondary N) is 1. The minimum atomic E-state index is -0.539. The maximum Gasteiger partial charge on any atom is 0.145 e. The molecule has 0 unspecified atom stereocenters. The van der Waals surface area contributed by atoms with E-state index in [4.69, 9.17) is 27.9 Å². The molecule has 20 heavy (non-hydrogen) atoms. The van der Waals surface area contributed by atoms with Gasteiger partial charge in [-0.15, -0.1) is 0 Å². The maximum absolute atomic E-state index is 13.4. The number of ether oxygens (including phenoxy) is 1. The molecule has 0 saturated carbocycles. The Hall–Kier alpha value is -0.810. The Bertz CT molecular complexity index is 637. The smallest absolute Gasteiger partial charge is 0.145 e.